The molecular weight excluding hydrogens is 262 g/mol. The summed E-state index contributed by atoms with van der Waals surface area (Å²) in [6.07, 6.45) is 5.46. The number of nitrogens with one attached hydrogen (secondary N) is 1. The minimum Gasteiger partial charge on any atom is -0.491 e. The number of rotatable bonds is 8. The Bertz CT molecular complexity index is 445. The van der Waals surface area contributed by atoms with E-state index < -0.39 is 0 Å². The molecule has 1 aromatic rings. The van der Waals surface area contributed by atoms with Crippen molar-refractivity contribution in [1.29, 1.82) is 0 Å². The van der Waals surface area contributed by atoms with Gasteiger partial charge >= 0.3 is 0 Å². The molecular formula is C18H27NO2. The van der Waals surface area contributed by atoms with Gasteiger partial charge in [-0.3, -0.25) is 0 Å². The zero-order chi connectivity index (χ0) is 15.1. The zero-order valence-electron chi connectivity index (χ0n) is 13.2. The molecule has 2 atom stereocenters. The largest absolute Gasteiger partial charge is 0.491 e. The van der Waals surface area contributed by atoms with E-state index in [9.17, 15) is 0 Å². The van der Waals surface area contributed by atoms with Gasteiger partial charge in [0.1, 0.15) is 12.4 Å². The van der Waals surface area contributed by atoms with Crippen molar-refractivity contribution in [3.05, 3.63) is 42.5 Å². The summed E-state index contributed by atoms with van der Waals surface area (Å²) in [7, 11) is 0. The van der Waals surface area contributed by atoms with Crippen LogP contribution in [-0.4, -0.2) is 31.4 Å². The summed E-state index contributed by atoms with van der Waals surface area (Å²) < 4.78 is 12.0. The topological polar surface area (TPSA) is 30.5 Å². The SMILES string of the molecule is C=CCc1ccccc1OCC1CCC(CNC(C)C)O1. The second-order valence-electron chi connectivity index (χ2n) is 5.93. The minimum absolute atomic E-state index is 0.209. The predicted octanol–water partition coefficient (Wildman–Crippen LogP) is 3.34. The van der Waals surface area contributed by atoms with Crippen LogP contribution < -0.4 is 10.1 Å². The van der Waals surface area contributed by atoms with E-state index in [1.165, 1.54) is 5.56 Å². The van der Waals surface area contributed by atoms with Crippen LogP contribution in [0.5, 0.6) is 5.75 Å². The molecule has 116 valence electrons. The Morgan fingerprint density at radius 2 is 2.10 bits per heavy atom. The highest BCUT2D eigenvalue weighted by atomic mass is 16.5. The summed E-state index contributed by atoms with van der Waals surface area (Å²) in [5.74, 6) is 0.949. The van der Waals surface area contributed by atoms with E-state index in [1.54, 1.807) is 0 Å². The van der Waals surface area contributed by atoms with Crippen molar-refractivity contribution >= 4 is 0 Å². The Balaban J connectivity index is 1.78. The molecule has 1 saturated heterocycles. The molecule has 1 aliphatic heterocycles. The predicted molar refractivity (Wildman–Crippen MR) is 86.9 cm³/mol. The molecule has 1 aromatic carbocycles. The average molecular weight is 289 g/mol. The molecule has 1 fully saturated rings. The van der Waals surface area contributed by atoms with Crippen molar-refractivity contribution in [2.24, 2.45) is 0 Å². The van der Waals surface area contributed by atoms with Crippen LogP contribution in [0.3, 0.4) is 0 Å². The molecule has 3 nitrogen and oxygen atoms in total. The van der Waals surface area contributed by atoms with Crippen LogP contribution in [0.1, 0.15) is 32.3 Å². The average Bonchev–Trinajstić information content (AvgIpc) is 2.92. The molecule has 0 radical (unpaired) electrons. The third kappa shape index (κ3) is 5.18. The Morgan fingerprint density at radius 1 is 1.33 bits per heavy atom. The highest BCUT2D eigenvalue weighted by molar-refractivity contribution is 5.34. The van der Waals surface area contributed by atoms with Crippen LogP contribution in [0.2, 0.25) is 0 Å². The number of allylic oxidation sites excluding steroid dienone is 1. The highest BCUT2D eigenvalue weighted by Gasteiger charge is 2.25. The maximum atomic E-state index is 6.03. The highest BCUT2D eigenvalue weighted by Crippen LogP contribution is 2.23. The van der Waals surface area contributed by atoms with Gasteiger partial charge in [0.2, 0.25) is 0 Å². The fraction of sp³-hybridized carbons (Fsp3) is 0.556. The van der Waals surface area contributed by atoms with Crippen LogP contribution in [-0.2, 0) is 11.2 Å². The van der Waals surface area contributed by atoms with Gasteiger partial charge in [-0.15, -0.1) is 6.58 Å². The summed E-state index contributed by atoms with van der Waals surface area (Å²) in [5, 5.41) is 3.43. The van der Waals surface area contributed by atoms with Gasteiger partial charge in [0.05, 0.1) is 12.2 Å². The Hall–Kier alpha value is -1.32. The molecule has 3 heteroatoms. The van der Waals surface area contributed by atoms with Crippen molar-refractivity contribution < 1.29 is 9.47 Å². The van der Waals surface area contributed by atoms with Crippen molar-refractivity contribution in [2.45, 2.75) is 51.4 Å². The van der Waals surface area contributed by atoms with Gasteiger partial charge in [-0.25, -0.2) is 0 Å². The van der Waals surface area contributed by atoms with E-state index >= 15 is 0 Å². The van der Waals surface area contributed by atoms with Gasteiger partial charge < -0.3 is 14.8 Å². The molecule has 0 amide bonds. The molecule has 2 rings (SSSR count). The Kier molecular flexibility index (Phi) is 6.27. The van der Waals surface area contributed by atoms with Crippen LogP contribution in [0.15, 0.2) is 36.9 Å². The maximum Gasteiger partial charge on any atom is 0.122 e. The van der Waals surface area contributed by atoms with E-state index in [0.29, 0.717) is 18.8 Å². The normalized spacial score (nSPS) is 21.7. The Labute approximate surface area is 128 Å². The molecule has 0 aliphatic carbocycles. The smallest absolute Gasteiger partial charge is 0.122 e. The van der Waals surface area contributed by atoms with Gasteiger partial charge in [0.25, 0.3) is 0 Å². The maximum absolute atomic E-state index is 6.03. The number of benzene rings is 1. The lowest BCUT2D eigenvalue weighted by molar-refractivity contribution is 0.0177. The summed E-state index contributed by atoms with van der Waals surface area (Å²) in [5.41, 5.74) is 1.18. The van der Waals surface area contributed by atoms with Gasteiger partial charge in [-0.05, 0) is 30.9 Å². The minimum atomic E-state index is 0.209. The van der Waals surface area contributed by atoms with Crippen LogP contribution in [0.25, 0.3) is 0 Å². The second kappa shape index (κ2) is 8.20. The number of ether oxygens (including phenoxy) is 2. The monoisotopic (exact) mass is 289 g/mol. The molecule has 0 spiro atoms. The van der Waals surface area contributed by atoms with Gasteiger partial charge in [0, 0.05) is 12.6 Å². The van der Waals surface area contributed by atoms with E-state index in [2.05, 4.69) is 31.8 Å². The number of hydrogen-bond donors (Lipinski definition) is 1. The lowest BCUT2D eigenvalue weighted by Gasteiger charge is -2.17. The molecule has 0 aromatic heterocycles. The van der Waals surface area contributed by atoms with Crippen LogP contribution >= 0.6 is 0 Å². The first-order valence-corrected chi connectivity index (χ1v) is 7.89. The molecule has 1 aliphatic rings. The molecule has 1 heterocycles. The molecule has 1 N–H and O–H groups in total. The first-order chi connectivity index (χ1) is 10.2. The third-order valence-corrected chi connectivity index (χ3v) is 3.71. The number of hydrogen-bond acceptors (Lipinski definition) is 3. The van der Waals surface area contributed by atoms with E-state index in [0.717, 1.165) is 31.6 Å². The van der Waals surface area contributed by atoms with Crippen molar-refractivity contribution in [1.82, 2.24) is 5.32 Å². The van der Waals surface area contributed by atoms with Crippen molar-refractivity contribution in [2.75, 3.05) is 13.2 Å². The van der Waals surface area contributed by atoms with E-state index in [4.69, 9.17) is 9.47 Å². The third-order valence-electron chi connectivity index (χ3n) is 3.71. The number of para-hydroxylation sites is 1. The first kappa shape index (κ1) is 16.1. The molecule has 21 heavy (non-hydrogen) atoms. The lowest BCUT2D eigenvalue weighted by Crippen LogP contribution is -2.32. The summed E-state index contributed by atoms with van der Waals surface area (Å²) in [6, 6.07) is 8.65. The standard InChI is InChI=1S/C18H27NO2/c1-4-7-15-8-5-6-9-18(15)20-13-17-11-10-16(21-17)12-19-14(2)3/h4-6,8-9,14,16-17,19H,1,7,10-13H2,2-3H3. The van der Waals surface area contributed by atoms with E-state index in [-0.39, 0.29) is 6.10 Å². The van der Waals surface area contributed by atoms with E-state index in [1.807, 2.05) is 24.3 Å². The van der Waals surface area contributed by atoms with Gasteiger partial charge in [0.15, 0.2) is 0 Å². The summed E-state index contributed by atoms with van der Waals surface area (Å²) in [6.45, 7) is 9.67. The first-order valence-electron chi connectivity index (χ1n) is 7.89. The summed E-state index contributed by atoms with van der Waals surface area (Å²) in [4.78, 5) is 0. The second-order valence-corrected chi connectivity index (χ2v) is 5.93. The summed E-state index contributed by atoms with van der Waals surface area (Å²) >= 11 is 0. The zero-order valence-corrected chi connectivity index (χ0v) is 13.2. The van der Waals surface area contributed by atoms with Gasteiger partial charge in [-0.1, -0.05) is 38.1 Å². The van der Waals surface area contributed by atoms with Gasteiger partial charge in [-0.2, -0.15) is 0 Å². The quantitative estimate of drug-likeness (QED) is 0.745. The molecule has 0 saturated carbocycles. The fourth-order valence-electron chi connectivity index (χ4n) is 2.57. The van der Waals surface area contributed by atoms with Crippen LogP contribution in [0, 0.1) is 0 Å². The van der Waals surface area contributed by atoms with Crippen molar-refractivity contribution in [3.8, 4) is 5.75 Å². The molecule has 2 unspecified atom stereocenters. The van der Waals surface area contributed by atoms with Crippen molar-refractivity contribution in [3.63, 3.8) is 0 Å². The fourth-order valence-corrected chi connectivity index (χ4v) is 2.57. The lowest BCUT2D eigenvalue weighted by atomic mass is 10.1. The van der Waals surface area contributed by atoms with Crippen LogP contribution in [0.4, 0.5) is 0 Å². The molecule has 0 bridgehead atoms. The Morgan fingerprint density at radius 3 is 2.86 bits per heavy atom.